The summed E-state index contributed by atoms with van der Waals surface area (Å²) in [7, 11) is 0. The average molecular weight is 485 g/mol. The summed E-state index contributed by atoms with van der Waals surface area (Å²) in [5.74, 6) is -0.194. The zero-order valence-electron chi connectivity index (χ0n) is 18.7. The number of pyridine rings is 2. The molecular weight excluding hydrogens is 463 g/mol. The molecule has 2 aromatic heterocycles. The van der Waals surface area contributed by atoms with E-state index in [9.17, 15) is 22.8 Å². The molecule has 1 saturated heterocycles. The number of nitriles is 1. The van der Waals surface area contributed by atoms with Crippen LogP contribution in [0.15, 0.2) is 30.6 Å². The summed E-state index contributed by atoms with van der Waals surface area (Å²) in [6, 6.07) is 4.52. The first-order valence-corrected chi connectivity index (χ1v) is 11.5. The molecule has 2 aliphatic carbocycles. The monoisotopic (exact) mass is 485 g/mol. The molecule has 1 aliphatic heterocycles. The Morgan fingerprint density at radius 3 is 2.31 bits per heavy atom. The second-order valence-corrected chi connectivity index (χ2v) is 9.08. The topological polar surface area (TPSA) is 99.4 Å². The van der Waals surface area contributed by atoms with Crippen molar-refractivity contribution in [3.8, 4) is 11.9 Å². The van der Waals surface area contributed by atoms with E-state index in [1.54, 1.807) is 12.1 Å². The lowest BCUT2D eigenvalue weighted by molar-refractivity contribution is -0.138. The Balaban J connectivity index is 1.46. The van der Waals surface area contributed by atoms with E-state index >= 15 is 0 Å². The van der Waals surface area contributed by atoms with E-state index in [4.69, 9.17) is 10.00 Å². The van der Waals surface area contributed by atoms with E-state index in [-0.39, 0.29) is 11.8 Å². The van der Waals surface area contributed by atoms with Gasteiger partial charge in [0, 0.05) is 6.07 Å². The zero-order valence-corrected chi connectivity index (χ0v) is 18.7. The van der Waals surface area contributed by atoms with Crippen molar-refractivity contribution in [2.45, 2.75) is 69.2 Å². The first-order valence-electron chi connectivity index (χ1n) is 11.5. The molecule has 8 nitrogen and oxygen atoms in total. The molecule has 0 radical (unpaired) electrons. The molecule has 3 heterocycles. The number of amides is 3. The summed E-state index contributed by atoms with van der Waals surface area (Å²) in [6.45, 7) is 0. The number of hydrogen-bond acceptors (Lipinski definition) is 6. The van der Waals surface area contributed by atoms with Gasteiger partial charge >= 0.3 is 12.2 Å². The van der Waals surface area contributed by atoms with Crippen molar-refractivity contribution in [1.29, 1.82) is 5.26 Å². The lowest BCUT2D eigenvalue weighted by Crippen LogP contribution is -2.55. The van der Waals surface area contributed by atoms with Gasteiger partial charge in [-0.05, 0) is 57.1 Å². The Morgan fingerprint density at radius 1 is 1.03 bits per heavy atom. The highest BCUT2D eigenvalue weighted by atomic mass is 19.4. The van der Waals surface area contributed by atoms with Crippen molar-refractivity contribution in [2.24, 2.45) is 0 Å². The molecule has 182 valence electrons. The normalized spacial score (nSPS) is 20.2. The number of anilines is 2. The van der Waals surface area contributed by atoms with E-state index in [2.05, 4.69) is 9.97 Å². The maximum absolute atomic E-state index is 13.5. The molecule has 2 aromatic rings. The third kappa shape index (κ3) is 3.87. The Labute approximate surface area is 199 Å². The molecular formula is C24H22F3N5O3. The minimum absolute atomic E-state index is 0.0947. The van der Waals surface area contributed by atoms with E-state index in [1.165, 1.54) is 23.6 Å². The molecule has 0 aromatic carbocycles. The molecule has 5 rings (SSSR count). The molecule has 3 amide bonds. The van der Waals surface area contributed by atoms with Gasteiger partial charge in [-0.25, -0.2) is 19.7 Å². The fraction of sp³-hybridized carbons (Fsp3) is 0.458. The smallest absolute Gasteiger partial charge is 0.419 e. The standard InChI is InChI=1S/C24H22F3N5O3/c25-24(26,27)18-11-16(14-29-19(18)12-28)31-21(33)23(9-4-10-23)32(22(31)34)15-7-8-20(30-13-15)35-17-5-2-1-3-6-17/h7-8,11,13-14,17H,1-6,9-10H2. The van der Waals surface area contributed by atoms with Crippen LogP contribution in [0.1, 0.15) is 62.6 Å². The lowest BCUT2D eigenvalue weighted by Gasteiger charge is -2.41. The Morgan fingerprint density at radius 2 is 1.74 bits per heavy atom. The van der Waals surface area contributed by atoms with Crippen LogP contribution in [-0.4, -0.2) is 33.5 Å². The van der Waals surface area contributed by atoms with Gasteiger partial charge in [0.05, 0.1) is 29.3 Å². The number of alkyl halides is 3. The first kappa shape index (κ1) is 23.1. The molecule has 3 aliphatic rings. The molecule has 11 heteroatoms. The predicted molar refractivity (Wildman–Crippen MR) is 118 cm³/mol. The van der Waals surface area contributed by atoms with Crippen molar-refractivity contribution in [3.05, 3.63) is 41.9 Å². The molecule has 1 spiro atoms. The largest absolute Gasteiger partial charge is 0.474 e. The van der Waals surface area contributed by atoms with E-state index in [1.807, 2.05) is 0 Å². The van der Waals surface area contributed by atoms with Crippen LogP contribution in [0.4, 0.5) is 29.3 Å². The first-order chi connectivity index (χ1) is 16.7. The fourth-order valence-corrected chi connectivity index (χ4v) is 5.02. The molecule has 3 fully saturated rings. The van der Waals surface area contributed by atoms with Crippen LogP contribution in [0.3, 0.4) is 0 Å². The number of rotatable bonds is 4. The molecule has 0 N–H and O–H groups in total. The van der Waals surface area contributed by atoms with Gasteiger partial charge < -0.3 is 4.74 Å². The van der Waals surface area contributed by atoms with E-state index in [0.717, 1.165) is 36.8 Å². The number of urea groups is 1. The average Bonchev–Trinajstić information content (AvgIpc) is 3.06. The number of aromatic nitrogens is 2. The van der Waals surface area contributed by atoms with Crippen LogP contribution in [0, 0.1) is 11.3 Å². The third-order valence-electron chi connectivity index (χ3n) is 6.95. The van der Waals surface area contributed by atoms with Crippen LogP contribution < -0.4 is 14.5 Å². The van der Waals surface area contributed by atoms with Crippen molar-refractivity contribution < 1.29 is 27.5 Å². The fourth-order valence-electron chi connectivity index (χ4n) is 5.02. The SMILES string of the molecule is N#Cc1ncc(N2C(=O)N(c3ccc(OC4CCCCC4)nc3)C3(CCC3)C2=O)cc1C(F)(F)F. The maximum atomic E-state index is 13.5. The second-order valence-electron chi connectivity index (χ2n) is 9.08. The highest BCUT2D eigenvalue weighted by Gasteiger charge is 2.61. The van der Waals surface area contributed by atoms with Gasteiger partial charge in [-0.2, -0.15) is 18.4 Å². The highest BCUT2D eigenvalue weighted by molar-refractivity contribution is 6.30. The quantitative estimate of drug-likeness (QED) is 0.567. The summed E-state index contributed by atoms with van der Waals surface area (Å²) in [5.41, 5.74) is -3.28. The molecule has 2 saturated carbocycles. The summed E-state index contributed by atoms with van der Waals surface area (Å²) in [4.78, 5) is 36.7. The van der Waals surface area contributed by atoms with Gasteiger partial charge in [-0.15, -0.1) is 0 Å². The van der Waals surface area contributed by atoms with Gasteiger partial charge in [0.25, 0.3) is 5.91 Å². The lowest BCUT2D eigenvalue weighted by atomic mass is 9.75. The highest BCUT2D eigenvalue weighted by Crippen LogP contribution is 2.48. The summed E-state index contributed by atoms with van der Waals surface area (Å²) in [6.07, 6.45) is 4.38. The van der Waals surface area contributed by atoms with Crippen molar-refractivity contribution in [2.75, 3.05) is 9.80 Å². The number of carbonyl (C=O) groups is 2. The summed E-state index contributed by atoms with van der Waals surface area (Å²) < 4.78 is 46.3. The van der Waals surface area contributed by atoms with E-state index in [0.29, 0.717) is 36.9 Å². The van der Waals surface area contributed by atoms with Crippen molar-refractivity contribution in [1.82, 2.24) is 9.97 Å². The number of halogens is 3. The maximum Gasteiger partial charge on any atom is 0.419 e. The van der Waals surface area contributed by atoms with Crippen molar-refractivity contribution in [3.63, 3.8) is 0 Å². The van der Waals surface area contributed by atoms with Crippen molar-refractivity contribution >= 4 is 23.3 Å². The predicted octanol–water partition coefficient (Wildman–Crippen LogP) is 4.97. The van der Waals surface area contributed by atoms with Gasteiger partial charge in [-0.3, -0.25) is 9.69 Å². The summed E-state index contributed by atoms with van der Waals surface area (Å²) >= 11 is 0. The number of imide groups is 1. The second kappa shape index (κ2) is 8.52. The molecule has 0 atom stereocenters. The number of carbonyl (C=O) groups excluding carboxylic acids is 2. The van der Waals surface area contributed by atoms with E-state index < -0.39 is 34.9 Å². The number of ether oxygens (including phenoxy) is 1. The Hall–Kier alpha value is -3.68. The zero-order chi connectivity index (χ0) is 24.8. The Kier molecular flexibility index (Phi) is 5.62. The van der Waals surface area contributed by atoms with Gasteiger partial charge in [-0.1, -0.05) is 6.42 Å². The van der Waals surface area contributed by atoms with Crippen LogP contribution in [0.5, 0.6) is 5.88 Å². The molecule has 35 heavy (non-hydrogen) atoms. The van der Waals surface area contributed by atoms with Crippen LogP contribution >= 0.6 is 0 Å². The molecule has 0 unspecified atom stereocenters. The van der Waals surface area contributed by atoms with Gasteiger partial charge in [0.2, 0.25) is 5.88 Å². The van der Waals surface area contributed by atoms with Crippen LogP contribution in [-0.2, 0) is 11.0 Å². The van der Waals surface area contributed by atoms with Crippen LogP contribution in [0.25, 0.3) is 0 Å². The molecule has 0 bridgehead atoms. The summed E-state index contributed by atoms with van der Waals surface area (Å²) in [5, 5.41) is 9.00. The third-order valence-corrected chi connectivity index (χ3v) is 6.95. The van der Waals surface area contributed by atoms with Gasteiger partial charge in [0.1, 0.15) is 17.7 Å². The van der Waals surface area contributed by atoms with Crippen LogP contribution in [0.2, 0.25) is 0 Å². The minimum Gasteiger partial charge on any atom is -0.474 e. The Bertz CT molecular complexity index is 1200. The van der Waals surface area contributed by atoms with Gasteiger partial charge in [0.15, 0.2) is 5.69 Å². The minimum atomic E-state index is -4.87. The number of hydrogen-bond donors (Lipinski definition) is 0. The number of nitrogens with zero attached hydrogens (tertiary/aromatic N) is 5.